The molecule has 0 unspecified atom stereocenters. The number of amides is 1. The SMILES string of the molecule is COc1ccc(NC(=O)c2sc3nc(-c4ccc(Cl)cc4)ccc3c2N)cc1. The summed E-state index contributed by atoms with van der Waals surface area (Å²) in [6.07, 6.45) is 0. The van der Waals surface area contributed by atoms with E-state index in [-0.39, 0.29) is 5.91 Å². The molecule has 0 aliphatic rings. The van der Waals surface area contributed by atoms with Crippen LogP contribution >= 0.6 is 22.9 Å². The largest absolute Gasteiger partial charge is 0.497 e. The van der Waals surface area contributed by atoms with E-state index in [0.717, 1.165) is 22.4 Å². The molecule has 2 aromatic heterocycles. The van der Waals surface area contributed by atoms with Gasteiger partial charge in [0.05, 0.1) is 18.5 Å². The van der Waals surface area contributed by atoms with Crippen LogP contribution in [0.2, 0.25) is 5.02 Å². The Bertz CT molecular complexity index is 1150. The second-order valence-electron chi connectivity index (χ2n) is 6.08. The van der Waals surface area contributed by atoms with Gasteiger partial charge in [-0.05, 0) is 48.5 Å². The molecule has 0 aliphatic carbocycles. The lowest BCUT2D eigenvalue weighted by Gasteiger charge is -2.05. The predicted molar refractivity (Wildman–Crippen MR) is 115 cm³/mol. The summed E-state index contributed by atoms with van der Waals surface area (Å²) in [6.45, 7) is 0. The first-order valence-electron chi connectivity index (χ1n) is 8.45. The van der Waals surface area contributed by atoms with Crippen LogP contribution in [0.3, 0.4) is 0 Å². The van der Waals surface area contributed by atoms with Gasteiger partial charge in [0.15, 0.2) is 0 Å². The van der Waals surface area contributed by atoms with Crippen molar-refractivity contribution in [3.05, 3.63) is 70.6 Å². The number of rotatable bonds is 4. The fourth-order valence-electron chi connectivity index (χ4n) is 2.81. The summed E-state index contributed by atoms with van der Waals surface area (Å²) in [4.78, 5) is 18.5. The summed E-state index contributed by atoms with van der Waals surface area (Å²) >= 11 is 7.22. The molecule has 0 atom stereocenters. The Hall–Kier alpha value is -3.09. The van der Waals surface area contributed by atoms with Crippen LogP contribution in [-0.4, -0.2) is 18.0 Å². The highest BCUT2D eigenvalue weighted by Gasteiger charge is 2.18. The fraction of sp³-hybridized carbons (Fsp3) is 0.0476. The Balaban J connectivity index is 1.64. The zero-order valence-electron chi connectivity index (χ0n) is 14.9. The zero-order chi connectivity index (χ0) is 19.7. The third-order valence-corrected chi connectivity index (χ3v) is 5.65. The number of nitrogens with zero attached hydrogens (tertiary/aromatic N) is 1. The molecule has 0 saturated carbocycles. The Morgan fingerprint density at radius 1 is 1.07 bits per heavy atom. The number of halogens is 1. The van der Waals surface area contributed by atoms with Crippen LogP contribution in [0.25, 0.3) is 21.5 Å². The molecule has 7 heteroatoms. The quantitative estimate of drug-likeness (QED) is 0.469. The number of nitrogens with one attached hydrogen (secondary N) is 1. The van der Waals surface area contributed by atoms with Crippen molar-refractivity contribution < 1.29 is 9.53 Å². The molecule has 0 radical (unpaired) electrons. The van der Waals surface area contributed by atoms with Crippen LogP contribution < -0.4 is 15.8 Å². The zero-order valence-corrected chi connectivity index (χ0v) is 16.5. The molecule has 1 amide bonds. The number of thiophene rings is 1. The summed E-state index contributed by atoms with van der Waals surface area (Å²) in [5.41, 5.74) is 9.06. The Kier molecular flexibility index (Phi) is 4.90. The molecule has 0 fully saturated rings. The van der Waals surface area contributed by atoms with E-state index < -0.39 is 0 Å². The van der Waals surface area contributed by atoms with Crippen LogP contribution in [0.5, 0.6) is 5.75 Å². The number of hydrogen-bond donors (Lipinski definition) is 2. The van der Waals surface area contributed by atoms with Gasteiger partial charge in [0.25, 0.3) is 5.91 Å². The number of methoxy groups -OCH3 is 1. The molecule has 28 heavy (non-hydrogen) atoms. The Labute approximate surface area is 170 Å². The number of anilines is 2. The van der Waals surface area contributed by atoms with E-state index in [1.54, 1.807) is 31.4 Å². The number of fused-ring (bicyclic) bond motifs is 1. The Morgan fingerprint density at radius 2 is 1.79 bits per heavy atom. The average Bonchev–Trinajstić information content (AvgIpc) is 3.05. The summed E-state index contributed by atoms with van der Waals surface area (Å²) in [7, 11) is 1.59. The topological polar surface area (TPSA) is 77.2 Å². The van der Waals surface area contributed by atoms with Crippen molar-refractivity contribution in [2.75, 3.05) is 18.2 Å². The van der Waals surface area contributed by atoms with E-state index in [1.807, 2.05) is 36.4 Å². The molecule has 0 aliphatic heterocycles. The maximum Gasteiger partial charge on any atom is 0.267 e. The van der Waals surface area contributed by atoms with E-state index in [2.05, 4.69) is 10.3 Å². The van der Waals surface area contributed by atoms with Crippen molar-refractivity contribution >= 4 is 50.4 Å². The van der Waals surface area contributed by atoms with Crippen molar-refractivity contribution in [2.24, 2.45) is 0 Å². The third kappa shape index (κ3) is 3.52. The number of carbonyl (C=O) groups excluding carboxylic acids is 1. The first-order chi connectivity index (χ1) is 13.5. The predicted octanol–water partition coefficient (Wildman–Crippen LogP) is 5.46. The number of nitrogen functional groups attached to an aromatic ring is 1. The molecule has 2 heterocycles. The van der Waals surface area contributed by atoms with E-state index in [0.29, 0.717) is 26.1 Å². The minimum absolute atomic E-state index is 0.265. The first kappa shape index (κ1) is 18.3. The van der Waals surface area contributed by atoms with Gasteiger partial charge in [-0.2, -0.15) is 0 Å². The lowest BCUT2D eigenvalue weighted by atomic mass is 10.1. The van der Waals surface area contributed by atoms with Gasteiger partial charge in [-0.3, -0.25) is 4.79 Å². The molecular weight excluding hydrogens is 394 g/mol. The number of carbonyl (C=O) groups is 1. The monoisotopic (exact) mass is 409 g/mol. The van der Waals surface area contributed by atoms with E-state index in [9.17, 15) is 4.79 Å². The van der Waals surface area contributed by atoms with Gasteiger partial charge < -0.3 is 15.8 Å². The molecule has 4 rings (SSSR count). The average molecular weight is 410 g/mol. The smallest absolute Gasteiger partial charge is 0.267 e. The van der Waals surface area contributed by atoms with Gasteiger partial charge in [0.2, 0.25) is 0 Å². The summed E-state index contributed by atoms with van der Waals surface area (Å²) in [6, 6.07) is 18.3. The molecule has 3 N–H and O–H groups in total. The summed E-state index contributed by atoms with van der Waals surface area (Å²) in [5, 5.41) is 4.29. The van der Waals surface area contributed by atoms with Gasteiger partial charge in [-0.25, -0.2) is 4.98 Å². The maximum atomic E-state index is 12.7. The number of nitrogens with two attached hydrogens (primary N) is 1. The fourth-order valence-corrected chi connectivity index (χ4v) is 3.92. The second kappa shape index (κ2) is 7.50. The molecule has 0 saturated heterocycles. The molecule has 0 bridgehead atoms. The minimum Gasteiger partial charge on any atom is -0.497 e. The van der Waals surface area contributed by atoms with Gasteiger partial charge >= 0.3 is 0 Å². The van der Waals surface area contributed by atoms with Crippen molar-refractivity contribution in [1.29, 1.82) is 0 Å². The van der Waals surface area contributed by atoms with Crippen molar-refractivity contribution in [3.63, 3.8) is 0 Å². The Morgan fingerprint density at radius 3 is 2.46 bits per heavy atom. The minimum atomic E-state index is -0.265. The highest BCUT2D eigenvalue weighted by Crippen LogP contribution is 2.35. The van der Waals surface area contributed by atoms with Crippen molar-refractivity contribution in [3.8, 4) is 17.0 Å². The summed E-state index contributed by atoms with van der Waals surface area (Å²) < 4.78 is 5.13. The van der Waals surface area contributed by atoms with Crippen molar-refractivity contribution in [1.82, 2.24) is 4.98 Å². The normalized spacial score (nSPS) is 10.8. The lowest BCUT2D eigenvalue weighted by molar-refractivity contribution is 0.103. The van der Waals surface area contributed by atoms with Crippen LogP contribution in [0.4, 0.5) is 11.4 Å². The first-order valence-corrected chi connectivity index (χ1v) is 9.65. The molecule has 0 spiro atoms. The van der Waals surface area contributed by atoms with Crippen LogP contribution in [0.15, 0.2) is 60.7 Å². The number of pyridine rings is 1. The molecule has 140 valence electrons. The van der Waals surface area contributed by atoms with Crippen LogP contribution in [0.1, 0.15) is 9.67 Å². The van der Waals surface area contributed by atoms with Crippen LogP contribution in [-0.2, 0) is 0 Å². The van der Waals surface area contributed by atoms with Gasteiger partial charge in [0.1, 0.15) is 15.5 Å². The van der Waals surface area contributed by atoms with E-state index >= 15 is 0 Å². The van der Waals surface area contributed by atoms with Gasteiger partial charge in [-0.15, -0.1) is 11.3 Å². The molecule has 2 aromatic carbocycles. The van der Waals surface area contributed by atoms with Crippen molar-refractivity contribution in [2.45, 2.75) is 0 Å². The highest BCUT2D eigenvalue weighted by molar-refractivity contribution is 7.21. The number of ether oxygens (including phenoxy) is 1. The highest BCUT2D eigenvalue weighted by atomic mass is 35.5. The molecular formula is C21H16ClN3O2S. The van der Waals surface area contributed by atoms with Crippen LogP contribution in [0, 0.1) is 0 Å². The number of hydrogen-bond acceptors (Lipinski definition) is 5. The molecule has 4 aromatic rings. The van der Waals surface area contributed by atoms with Gasteiger partial charge in [0, 0.05) is 21.7 Å². The van der Waals surface area contributed by atoms with E-state index in [1.165, 1.54) is 11.3 Å². The second-order valence-corrected chi connectivity index (χ2v) is 7.52. The number of aromatic nitrogens is 1. The standard InChI is InChI=1S/C21H16ClN3O2S/c1-27-15-8-6-14(7-9-15)24-20(26)19-18(23)16-10-11-17(25-21(16)28-19)12-2-4-13(22)5-3-12/h2-11H,23H2,1H3,(H,24,26). The molecule has 5 nitrogen and oxygen atoms in total. The lowest BCUT2D eigenvalue weighted by Crippen LogP contribution is -2.11. The number of benzene rings is 2. The summed E-state index contributed by atoms with van der Waals surface area (Å²) in [5.74, 6) is 0.456. The van der Waals surface area contributed by atoms with E-state index in [4.69, 9.17) is 22.1 Å². The third-order valence-electron chi connectivity index (χ3n) is 4.29. The van der Waals surface area contributed by atoms with Gasteiger partial charge in [-0.1, -0.05) is 23.7 Å². The maximum absolute atomic E-state index is 12.7.